The van der Waals surface area contributed by atoms with Gasteiger partial charge in [-0.25, -0.2) is 0 Å². The molecule has 1 aliphatic rings. The van der Waals surface area contributed by atoms with Crippen LogP contribution in [0, 0.1) is 0 Å². The van der Waals surface area contributed by atoms with E-state index in [4.69, 9.17) is 9.84 Å². The van der Waals surface area contributed by atoms with Crippen molar-refractivity contribution in [2.24, 2.45) is 0 Å². The minimum absolute atomic E-state index is 0.00971. The van der Waals surface area contributed by atoms with Gasteiger partial charge in [-0.15, -0.1) is 0 Å². The lowest BCUT2D eigenvalue weighted by Crippen LogP contribution is -2.47. The fraction of sp³-hybridized carbons (Fsp3) is 0.619. The van der Waals surface area contributed by atoms with Crippen molar-refractivity contribution < 1.29 is 19.4 Å². The van der Waals surface area contributed by atoms with Gasteiger partial charge in [-0.3, -0.25) is 19.4 Å². The molecule has 1 fully saturated rings. The Morgan fingerprint density at radius 2 is 1.96 bits per heavy atom. The Bertz CT molecular complexity index is 644. The number of para-hydroxylation sites is 1. The number of hydrogen-bond donors (Lipinski definition) is 2. The summed E-state index contributed by atoms with van der Waals surface area (Å²) in [5, 5.41) is 12.1. The number of benzene rings is 1. The van der Waals surface area contributed by atoms with Crippen LogP contribution in [0.3, 0.4) is 0 Å². The Balaban J connectivity index is 1.86. The maximum Gasteiger partial charge on any atom is 0.317 e. The van der Waals surface area contributed by atoms with Crippen molar-refractivity contribution in [1.82, 2.24) is 15.1 Å². The highest BCUT2D eigenvalue weighted by molar-refractivity contribution is 5.78. The molecule has 2 N–H and O–H groups in total. The van der Waals surface area contributed by atoms with Crippen molar-refractivity contribution in [2.75, 3.05) is 39.8 Å². The van der Waals surface area contributed by atoms with E-state index in [2.05, 4.69) is 17.1 Å². The monoisotopic (exact) mass is 391 g/mol. The molecule has 1 aromatic rings. The second kappa shape index (κ2) is 11.0. The van der Waals surface area contributed by atoms with Gasteiger partial charge in [0, 0.05) is 24.7 Å². The van der Waals surface area contributed by atoms with Crippen LogP contribution in [0.1, 0.15) is 44.7 Å². The Hall–Kier alpha value is -2.12. The lowest BCUT2D eigenvalue weighted by molar-refractivity contribution is -0.138. The molecule has 1 saturated heterocycles. The molecule has 7 nitrogen and oxygen atoms in total. The molecule has 1 atom stereocenters. The molecule has 0 radical (unpaired) electrons. The zero-order valence-corrected chi connectivity index (χ0v) is 17.2. The number of likely N-dealkylation sites (tertiary alicyclic amines) is 1. The summed E-state index contributed by atoms with van der Waals surface area (Å²) < 4.78 is 5.70. The fourth-order valence-corrected chi connectivity index (χ4v) is 3.76. The quantitative estimate of drug-likeness (QED) is 0.636. The molecule has 1 aromatic carbocycles. The molecule has 1 amide bonds. The minimum atomic E-state index is -0.803. The first kappa shape index (κ1) is 22.2. The topological polar surface area (TPSA) is 82.1 Å². The molecule has 1 unspecified atom stereocenters. The third-order valence-electron chi connectivity index (χ3n) is 5.27. The van der Waals surface area contributed by atoms with Gasteiger partial charge in [0.05, 0.1) is 25.7 Å². The smallest absolute Gasteiger partial charge is 0.317 e. The second-order valence-corrected chi connectivity index (χ2v) is 7.32. The predicted molar refractivity (Wildman–Crippen MR) is 109 cm³/mol. The Labute approximate surface area is 167 Å². The number of carboxylic acid groups (broad SMARTS) is 1. The average molecular weight is 392 g/mol. The van der Waals surface area contributed by atoms with E-state index in [1.54, 1.807) is 0 Å². The zero-order chi connectivity index (χ0) is 20.5. The van der Waals surface area contributed by atoms with E-state index < -0.39 is 5.97 Å². The van der Waals surface area contributed by atoms with Gasteiger partial charge in [0.2, 0.25) is 5.91 Å². The number of piperidine rings is 1. The number of carbonyl (C=O) groups is 2. The molecule has 28 heavy (non-hydrogen) atoms. The number of ether oxygens (including phenoxy) is 1. The van der Waals surface area contributed by atoms with E-state index in [1.807, 2.05) is 43.1 Å². The van der Waals surface area contributed by atoms with Gasteiger partial charge >= 0.3 is 5.97 Å². The maximum absolute atomic E-state index is 12.6. The summed E-state index contributed by atoms with van der Waals surface area (Å²) >= 11 is 0. The summed E-state index contributed by atoms with van der Waals surface area (Å²) in [6, 6.07) is 8.03. The maximum atomic E-state index is 12.6. The van der Waals surface area contributed by atoms with Gasteiger partial charge in [0.25, 0.3) is 0 Å². The summed E-state index contributed by atoms with van der Waals surface area (Å²) in [5.41, 5.74) is 1.01. The number of carboxylic acids is 1. The van der Waals surface area contributed by atoms with Crippen molar-refractivity contribution in [2.45, 2.75) is 45.2 Å². The Morgan fingerprint density at radius 3 is 2.57 bits per heavy atom. The van der Waals surface area contributed by atoms with Crippen LogP contribution >= 0.6 is 0 Å². The van der Waals surface area contributed by atoms with Crippen LogP contribution in [-0.2, 0) is 9.59 Å². The zero-order valence-electron chi connectivity index (χ0n) is 17.2. The largest absolute Gasteiger partial charge is 0.494 e. The average Bonchev–Trinajstić information content (AvgIpc) is 2.67. The van der Waals surface area contributed by atoms with Gasteiger partial charge in [0.15, 0.2) is 0 Å². The standard InChI is InChI=1S/C21H33N3O4/c1-4-18(17-8-6-7-9-19(17)28-5-2)22-20(25)14-24-12-10-16(11-13-24)23(3)15-21(26)27/h6-9,16,18H,4-5,10-15H2,1-3H3,(H,22,25)(H,26,27). The van der Waals surface area contributed by atoms with Crippen LogP contribution < -0.4 is 10.1 Å². The van der Waals surface area contributed by atoms with Gasteiger partial charge < -0.3 is 15.2 Å². The molecule has 0 bridgehead atoms. The number of nitrogens with zero attached hydrogens (tertiary/aromatic N) is 2. The number of likely N-dealkylation sites (N-methyl/N-ethyl adjacent to an activating group) is 1. The Morgan fingerprint density at radius 1 is 1.29 bits per heavy atom. The molecular weight excluding hydrogens is 358 g/mol. The summed E-state index contributed by atoms with van der Waals surface area (Å²) in [6.45, 7) is 6.62. The van der Waals surface area contributed by atoms with Crippen LogP contribution in [0.25, 0.3) is 0 Å². The van der Waals surface area contributed by atoms with Gasteiger partial charge in [-0.05, 0) is 39.3 Å². The van der Waals surface area contributed by atoms with Gasteiger partial charge in [-0.1, -0.05) is 25.1 Å². The highest BCUT2D eigenvalue weighted by atomic mass is 16.5. The number of nitrogens with one attached hydrogen (secondary N) is 1. The molecule has 0 saturated carbocycles. The van der Waals surface area contributed by atoms with Gasteiger partial charge in [-0.2, -0.15) is 0 Å². The number of amides is 1. The van der Waals surface area contributed by atoms with Crippen molar-refractivity contribution in [1.29, 1.82) is 0 Å². The third kappa shape index (κ3) is 6.49. The van der Waals surface area contributed by atoms with Crippen LogP contribution in [0.5, 0.6) is 5.75 Å². The molecule has 156 valence electrons. The van der Waals surface area contributed by atoms with Gasteiger partial charge in [0.1, 0.15) is 5.75 Å². The second-order valence-electron chi connectivity index (χ2n) is 7.32. The van der Waals surface area contributed by atoms with Crippen molar-refractivity contribution in [3.8, 4) is 5.75 Å². The summed E-state index contributed by atoms with van der Waals surface area (Å²) in [6.07, 6.45) is 2.54. The number of aliphatic carboxylic acids is 1. The molecule has 2 rings (SSSR count). The first-order chi connectivity index (χ1) is 13.4. The molecule has 1 heterocycles. The first-order valence-corrected chi connectivity index (χ1v) is 10.1. The van der Waals surface area contributed by atoms with Crippen LogP contribution in [0.15, 0.2) is 24.3 Å². The molecule has 0 aliphatic carbocycles. The van der Waals surface area contributed by atoms with E-state index in [0.717, 1.165) is 43.7 Å². The van der Waals surface area contributed by atoms with Crippen molar-refractivity contribution >= 4 is 11.9 Å². The van der Waals surface area contributed by atoms with Crippen molar-refractivity contribution in [3.63, 3.8) is 0 Å². The number of hydrogen-bond acceptors (Lipinski definition) is 5. The summed E-state index contributed by atoms with van der Waals surface area (Å²) in [4.78, 5) is 27.5. The van der Waals surface area contributed by atoms with E-state index in [1.165, 1.54) is 0 Å². The van der Waals surface area contributed by atoms with E-state index >= 15 is 0 Å². The van der Waals surface area contributed by atoms with E-state index in [-0.39, 0.29) is 24.5 Å². The summed E-state index contributed by atoms with van der Waals surface area (Å²) in [5.74, 6) is 0.0252. The SMILES string of the molecule is CCOc1ccccc1C(CC)NC(=O)CN1CCC(N(C)CC(=O)O)CC1. The highest BCUT2D eigenvalue weighted by Gasteiger charge is 2.25. The summed E-state index contributed by atoms with van der Waals surface area (Å²) in [7, 11) is 1.85. The molecular formula is C21H33N3O4. The lowest BCUT2D eigenvalue weighted by Gasteiger charge is -2.36. The Kier molecular flexibility index (Phi) is 8.73. The fourth-order valence-electron chi connectivity index (χ4n) is 3.76. The first-order valence-electron chi connectivity index (χ1n) is 10.1. The number of rotatable bonds is 10. The highest BCUT2D eigenvalue weighted by Crippen LogP contribution is 2.27. The lowest BCUT2D eigenvalue weighted by atomic mass is 10.0. The minimum Gasteiger partial charge on any atom is -0.494 e. The van der Waals surface area contributed by atoms with E-state index in [0.29, 0.717) is 13.2 Å². The molecule has 1 aliphatic heterocycles. The van der Waals surface area contributed by atoms with Crippen molar-refractivity contribution in [3.05, 3.63) is 29.8 Å². The van der Waals surface area contributed by atoms with Crippen LogP contribution in [0.2, 0.25) is 0 Å². The van der Waals surface area contributed by atoms with E-state index in [9.17, 15) is 9.59 Å². The van der Waals surface area contributed by atoms with Crippen LogP contribution in [-0.4, -0.2) is 72.7 Å². The number of carbonyl (C=O) groups excluding carboxylic acids is 1. The molecule has 0 spiro atoms. The normalized spacial score (nSPS) is 16.7. The predicted octanol–water partition coefficient (Wildman–Crippen LogP) is 2.13. The van der Waals surface area contributed by atoms with Crippen LogP contribution in [0.4, 0.5) is 0 Å². The third-order valence-corrected chi connectivity index (χ3v) is 5.27. The molecule has 7 heteroatoms. The molecule has 0 aromatic heterocycles.